The number of rotatable bonds is 11. The summed E-state index contributed by atoms with van der Waals surface area (Å²) >= 11 is 0. The first-order valence-corrected chi connectivity index (χ1v) is 35.7. The largest absolute Gasteiger partial charge is 0.455 e. The van der Waals surface area contributed by atoms with Crippen LogP contribution in [0.3, 0.4) is 0 Å². The number of nitrogens with zero attached hydrogens (tertiary/aromatic N) is 6. The molecule has 0 N–H and O–H groups in total. The summed E-state index contributed by atoms with van der Waals surface area (Å²) in [6.45, 7) is 0. The van der Waals surface area contributed by atoms with Crippen LogP contribution < -0.4 is 0 Å². The van der Waals surface area contributed by atoms with Crippen molar-refractivity contribution in [3.63, 3.8) is 0 Å². The lowest BCUT2D eigenvalue weighted by Gasteiger charge is -2.20. The first kappa shape index (κ1) is 60.4. The van der Waals surface area contributed by atoms with E-state index in [9.17, 15) is 0 Å². The number of aromatic nitrogens is 6. The Labute approximate surface area is 608 Å². The van der Waals surface area contributed by atoms with Gasteiger partial charge in [-0.3, -0.25) is 0 Å². The molecule has 0 atom stereocenters. The van der Waals surface area contributed by atoms with Crippen molar-refractivity contribution in [2.75, 3.05) is 0 Å². The molecule has 0 saturated carbocycles. The summed E-state index contributed by atoms with van der Waals surface area (Å²) in [6, 6.07) is 124. The molecule has 0 fully saturated rings. The van der Waals surface area contributed by atoms with Gasteiger partial charge in [-0.25, -0.2) is 29.9 Å². The van der Waals surface area contributed by atoms with Crippen LogP contribution in [0.5, 0.6) is 0 Å². The van der Waals surface area contributed by atoms with Crippen LogP contribution in [0.25, 0.3) is 222 Å². The number of fused-ring (bicyclic) bond motifs is 11. The van der Waals surface area contributed by atoms with Gasteiger partial charge in [0.25, 0.3) is 0 Å². The molecular formula is C98H58N6O2. The molecular weight excluding hydrogens is 1290 g/mol. The molecule has 492 valence electrons. The van der Waals surface area contributed by atoms with Gasteiger partial charge in [-0.05, 0) is 146 Å². The van der Waals surface area contributed by atoms with E-state index in [2.05, 4.69) is 328 Å². The second-order valence-electron chi connectivity index (χ2n) is 27.0. The van der Waals surface area contributed by atoms with Gasteiger partial charge in [0.15, 0.2) is 34.9 Å². The SMILES string of the molecule is c1ccc(-c2ccc3ccccc3c2-c2nc(-c3c(-c4cccc(-c5cc(-c6cccc7ccccc67)c(-c6nc(-c7c(-c8ccccc8)ccc8ccccc78)nc(-c7cccc8c7oc7ccccc78)n6)c6ccccc56)c4)ccc4ccccc34)nc(-c3cccc4c3oc3ccccc34)n2)cc1. The number of furan rings is 2. The van der Waals surface area contributed by atoms with Gasteiger partial charge in [-0.2, -0.15) is 0 Å². The van der Waals surface area contributed by atoms with Crippen molar-refractivity contribution in [1.29, 1.82) is 0 Å². The lowest BCUT2D eigenvalue weighted by Crippen LogP contribution is -2.04. The standard InChI is InChI=1S/C98H58N6O2/c1-3-25-60(26-4-1)71-54-51-62-30-8-12-37-68(62)87(71)95-99-93(81-47-23-45-79-76-41-17-19-49-85(76)105-91(79)81)101-97(103-95)89-70-39-14-10-32-64(70)53-56-73(89)65-34-21-35-66(57-65)83-58-84(74-44-22-33-59-29-7-11-36-67(59)74)90(78-43-16-15-40-75(78)83)98-102-94(82-48-24-46-80-77-42-18-20-50-86(77)106-92(80)82)100-96(104-98)88-69-38-13-9-31-63(69)52-55-72(88)61-27-5-2-6-28-61/h1-58H. The van der Waals surface area contributed by atoms with Crippen molar-refractivity contribution < 1.29 is 8.83 Å². The third-order valence-corrected chi connectivity index (χ3v) is 21.0. The Morgan fingerprint density at radius 1 is 0.160 bits per heavy atom. The molecule has 0 aliphatic heterocycles. The highest BCUT2D eigenvalue weighted by molar-refractivity contribution is 6.16. The summed E-state index contributed by atoms with van der Waals surface area (Å²) in [6.07, 6.45) is 0. The molecule has 4 aromatic heterocycles. The van der Waals surface area contributed by atoms with Crippen molar-refractivity contribution in [1.82, 2.24) is 29.9 Å². The maximum atomic E-state index is 6.85. The van der Waals surface area contributed by atoms with E-state index in [1.807, 2.05) is 24.3 Å². The van der Waals surface area contributed by atoms with Gasteiger partial charge in [0.1, 0.15) is 22.3 Å². The highest BCUT2D eigenvalue weighted by Crippen LogP contribution is 2.49. The molecule has 17 aromatic carbocycles. The molecule has 0 aliphatic carbocycles. The van der Waals surface area contributed by atoms with E-state index in [1.54, 1.807) is 0 Å². The maximum absolute atomic E-state index is 6.85. The molecule has 0 radical (unpaired) electrons. The van der Waals surface area contributed by atoms with Crippen molar-refractivity contribution in [3.8, 4) is 124 Å². The van der Waals surface area contributed by atoms with Crippen LogP contribution in [0.2, 0.25) is 0 Å². The Balaban J connectivity index is 0.816. The van der Waals surface area contributed by atoms with Gasteiger partial charge in [-0.15, -0.1) is 0 Å². The van der Waals surface area contributed by atoms with Crippen LogP contribution in [-0.4, -0.2) is 29.9 Å². The fraction of sp³-hybridized carbons (Fsp3) is 0. The molecule has 0 unspecified atom stereocenters. The minimum atomic E-state index is 0.491. The van der Waals surface area contributed by atoms with Crippen molar-refractivity contribution in [2.24, 2.45) is 0 Å². The molecule has 0 amide bonds. The van der Waals surface area contributed by atoms with Gasteiger partial charge in [0, 0.05) is 43.8 Å². The molecule has 8 heteroatoms. The summed E-state index contributed by atoms with van der Waals surface area (Å²) in [7, 11) is 0. The molecule has 0 bridgehead atoms. The van der Waals surface area contributed by atoms with E-state index < -0.39 is 0 Å². The number of para-hydroxylation sites is 4. The van der Waals surface area contributed by atoms with Crippen molar-refractivity contribution >= 4 is 97.7 Å². The Morgan fingerprint density at radius 2 is 0.472 bits per heavy atom. The quantitative estimate of drug-likeness (QED) is 0.126. The molecule has 0 saturated heterocycles. The second-order valence-corrected chi connectivity index (χ2v) is 27.0. The second kappa shape index (κ2) is 24.7. The van der Waals surface area contributed by atoms with Gasteiger partial charge >= 0.3 is 0 Å². The van der Waals surface area contributed by atoms with Gasteiger partial charge in [0.05, 0.1) is 11.1 Å². The summed E-state index contributed by atoms with van der Waals surface area (Å²) in [5.41, 5.74) is 18.2. The number of hydrogen-bond donors (Lipinski definition) is 0. The van der Waals surface area contributed by atoms with Crippen LogP contribution in [0.15, 0.2) is 361 Å². The maximum Gasteiger partial charge on any atom is 0.167 e. The first-order chi connectivity index (χ1) is 52.6. The third-order valence-electron chi connectivity index (χ3n) is 21.0. The number of benzene rings is 17. The van der Waals surface area contributed by atoms with Gasteiger partial charge < -0.3 is 8.83 Å². The molecule has 106 heavy (non-hydrogen) atoms. The zero-order valence-corrected chi connectivity index (χ0v) is 57.0. The predicted octanol–water partition coefficient (Wildman–Crippen LogP) is 26.0. The van der Waals surface area contributed by atoms with Crippen molar-refractivity contribution in [3.05, 3.63) is 352 Å². The number of hydrogen-bond acceptors (Lipinski definition) is 8. The zero-order valence-electron chi connectivity index (χ0n) is 57.0. The van der Waals surface area contributed by atoms with Crippen LogP contribution in [0, 0.1) is 0 Å². The van der Waals surface area contributed by atoms with E-state index in [-0.39, 0.29) is 0 Å². The lowest BCUT2D eigenvalue weighted by molar-refractivity contribution is 0.669. The van der Waals surface area contributed by atoms with Crippen molar-refractivity contribution in [2.45, 2.75) is 0 Å². The monoisotopic (exact) mass is 1350 g/mol. The fourth-order valence-electron chi connectivity index (χ4n) is 16.2. The average molecular weight is 1350 g/mol. The molecule has 8 nitrogen and oxygen atoms in total. The third kappa shape index (κ3) is 9.99. The molecule has 21 aromatic rings. The van der Waals surface area contributed by atoms with E-state index in [0.29, 0.717) is 46.1 Å². The summed E-state index contributed by atoms with van der Waals surface area (Å²) in [5.74, 6) is 3.11. The smallest absolute Gasteiger partial charge is 0.167 e. The van der Waals surface area contributed by atoms with Gasteiger partial charge in [-0.1, -0.05) is 315 Å². The predicted molar refractivity (Wildman–Crippen MR) is 435 cm³/mol. The van der Waals surface area contributed by atoms with Crippen LogP contribution in [-0.2, 0) is 0 Å². The van der Waals surface area contributed by atoms with Crippen LogP contribution in [0.4, 0.5) is 0 Å². The highest BCUT2D eigenvalue weighted by atomic mass is 16.3. The fourth-order valence-corrected chi connectivity index (χ4v) is 16.2. The highest BCUT2D eigenvalue weighted by Gasteiger charge is 2.28. The minimum Gasteiger partial charge on any atom is -0.455 e. The first-order valence-electron chi connectivity index (χ1n) is 35.7. The summed E-state index contributed by atoms with van der Waals surface area (Å²) in [5, 5.41) is 14.4. The Hall–Kier alpha value is -14.3. The summed E-state index contributed by atoms with van der Waals surface area (Å²) in [4.78, 5) is 34.2. The average Bonchev–Trinajstić information content (AvgIpc) is 0.989. The Bertz CT molecular complexity index is 7160. The Kier molecular flexibility index (Phi) is 14.1. The van der Waals surface area contributed by atoms with Gasteiger partial charge in [0.2, 0.25) is 0 Å². The minimum absolute atomic E-state index is 0.491. The van der Waals surface area contributed by atoms with E-state index in [4.69, 9.17) is 38.7 Å². The van der Waals surface area contributed by atoms with E-state index >= 15 is 0 Å². The topological polar surface area (TPSA) is 104 Å². The zero-order chi connectivity index (χ0) is 69.8. The van der Waals surface area contributed by atoms with Crippen LogP contribution >= 0.6 is 0 Å². The normalized spacial score (nSPS) is 11.8. The molecule has 0 spiro atoms. The summed E-state index contributed by atoms with van der Waals surface area (Å²) < 4.78 is 13.7. The molecule has 4 heterocycles. The lowest BCUT2D eigenvalue weighted by atomic mass is 9.85. The van der Waals surface area contributed by atoms with E-state index in [1.165, 1.54) is 0 Å². The molecule has 0 aliphatic rings. The molecule has 21 rings (SSSR count). The Morgan fingerprint density at radius 3 is 0.953 bits per heavy atom. The van der Waals surface area contributed by atoms with Crippen LogP contribution in [0.1, 0.15) is 0 Å². The van der Waals surface area contributed by atoms with E-state index in [0.717, 1.165) is 176 Å².